The number of rotatable bonds is 7. The summed E-state index contributed by atoms with van der Waals surface area (Å²) in [5.41, 5.74) is 9.36. The molecule has 5 aromatic rings. The Balaban J connectivity index is 1.64. The van der Waals surface area contributed by atoms with E-state index in [4.69, 9.17) is 0 Å². The molecule has 0 fully saturated rings. The molecule has 1 heterocycles. The van der Waals surface area contributed by atoms with Crippen LogP contribution < -0.4 is 5.32 Å². The number of hydrogen-bond acceptors (Lipinski definition) is 2. The Labute approximate surface area is 220 Å². The van der Waals surface area contributed by atoms with Gasteiger partial charge in [0.05, 0.1) is 23.9 Å². The number of aliphatic hydroxyl groups is 1. The number of benzene rings is 4. The molecule has 1 aromatic heterocycles. The fourth-order valence-electron chi connectivity index (χ4n) is 4.94. The molecule has 1 atom stereocenters. The molecule has 4 heteroatoms. The quantitative estimate of drug-likeness (QED) is 0.197. The summed E-state index contributed by atoms with van der Waals surface area (Å²) in [5.74, 6) is 0. The molecule has 0 aliphatic carbocycles. The van der Waals surface area contributed by atoms with Gasteiger partial charge < -0.3 is 15.0 Å². The Morgan fingerprint density at radius 1 is 0.829 bits per heavy atom. The molecule has 0 radical (unpaired) electrons. The van der Waals surface area contributed by atoms with Gasteiger partial charge in [0.25, 0.3) is 0 Å². The van der Waals surface area contributed by atoms with Gasteiger partial charge in [0.15, 0.2) is 0 Å². The molecule has 2 N–H and O–H groups in total. The maximum atomic E-state index is 11.2. The Bertz CT molecular complexity index is 1440. The Morgan fingerprint density at radius 2 is 1.46 bits per heavy atom. The summed E-state index contributed by atoms with van der Waals surface area (Å²) < 4.78 is 3.52. The summed E-state index contributed by atoms with van der Waals surface area (Å²) in [4.78, 5) is 0. The maximum absolute atomic E-state index is 11.2. The molecule has 0 spiro atoms. The van der Waals surface area contributed by atoms with Gasteiger partial charge in [-0.3, -0.25) is 0 Å². The number of fused-ring (bicyclic) bond motifs is 1. The first-order chi connectivity index (χ1) is 17.0. The van der Waals surface area contributed by atoms with E-state index in [0.717, 1.165) is 16.9 Å². The minimum absolute atomic E-state index is 0.472. The van der Waals surface area contributed by atoms with Crippen molar-refractivity contribution >= 4 is 39.2 Å². The highest BCUT2D eigenvalue weighted by molar-refractivity contribution is 14.1. The van der Waals surface area contributed by atoms with Crippen LogP contribution in [-0.4, -0.2) is 22.3 Å². The number of nitrogens with one attached hydrogen (secondary N) is 1. The second-order valence-electron chi connectivity index (χ2n) is 9.09. The minimum atomic E-state index is -0.559. The van der Waals surface area contributed by atoms with E-state index in [2.05, 4.69) is 137 Å². The topological polar surface area (TPSA) is 37.2 Å². The van der Waals surface area contributed by atoms with Crippen LogP contribution in [-0.2, 0) is 6.54 Å². The number of aliphatic hydroxyl groups excluding tert-OH is 1. The molecule has 176 valence electrons. The molecule has 3 nitrogen and oxygen atoms in total. The van der Waals surface area contributed by atoms with Crippen molar-refractivity contribution in [2.24, 2.45) is 0 Å². The molecular weight excluding hydrogens is 543 g/mol. The third-order valence-corrected chi connectivity index (χ3v) is 7.10. The van der Waals surface area contributed by atoms with E-state index in [1.807, 2.05) is 6.07 Å². The van der Waals surface area contributed by atoms with Gasteiger partial charge in [0.2, 0.25) is 0 Å². The van der Waals surface area contributed by atoms with Crippen molar-refractivity contribution in [2.75, 3.05) is 11.9 Å². The lowest BCUT2D eigenvalue weighted by molar-refractivity contribution is 0.169. The van der Waals surface area contributed by atoms with Crippen molar-refractivity contribution in [3.05, 3.63) is 112 Å². The van der Waals surface area contributed by atoms with Gasteiger partial charge in [0, 0.05) is 26.8 Å². The Hall–Kier alpha value is -3.09. The summed E-state index contributed by atoms with van der Waals surface area (Å²) in [5, 5.41) is 15.8. The number of aryl methyl sites for hydroxylation is 2. The zero-order chi connectivity index (χ0) is 24.4. The van der Waals surface area contributed by atoms with E-state index in [-0.39, 0.29) is 0 Å². The molecule has 0 amide bonds. The smallest absolute Gasteiger partial charge is 0.0891 e. The standard InChI is InChI=1S/C31H29IN2O/c1-21-17-22(2)30-28(18-21)29(23-9-5-3-6-10-23)31(24-11-7-4-8-12-24)34(30)20-27(35)19-33-26-15-13-25(32)14-16-26/h3-18,27,33,35H,19-20H2,1-2H3. The first kappa shape index (κ1) is 23.6. The highest BCUT2D eigenvalue weighted by atomic mass is 127. The van der Waals surface area contributed by atoms with Gasteiger partial charge in [-0.1, -0.05) is 72.3 Å². The second-order valence-corrected chi connectivity index (χ2v) is 10.3. The van der Waals surface area contributed by atoms with E-state index in [1.54, 1.807) is 0 Å². The molecule has 0 aliphatic rings. The van der Waals surface area contributed by atoms with E-state index in [1.165, 1.54) is 36.7 Å². The lowest BCUT2D eigenvalue weighted by Crippen LogP contribution is -2.25. The monoisotopic (exact) mass is 572 g/mol. The van der Waals surface area contributed by atoms with Gasteiger partial charge in [-0.05, 0) is 83.5 Å². The predicted octanol–water partition coefficient (Wildman–Crippen LogP) is 7.67. The fourth-order valence-corrected chi connectivity index (χ4v) is 5.30. The van der Waals surface area contributed by atoms with Crippen LogP contribution in [0.4, 0.5) is 5.69 Å². The molecular formula is C31H29IN2O. The van der Waals surface area contributed by atoms with Crippen molar-refractivity contribution in [3.63, 3.8) is 0 Å². The third kappa shape index (κ3) is 5.00. The van der Waals surface area contributed by atoms with Crippen LogP contribution in [0.2, 0.25) is 0 Å². The molecule has 35 heavy (non-hydrogen) atoms. The number of halogens is 1. The third-order valence-electron chi connectivity index (χ3n) is 6.38. The van der Waals surface area contributed by atoms with Crippen molar-refractivity contribution < 1.29 is 5.11 Å². The number of anilines is 1. The zero-order valence-corrected chi connectivity index (χ0v) is 22.2. The van der Waals surface area contributed by atoms with Crippen LogP contribution in [0, 0.1) is 17.4 Å². The SMILES string of the molecule is Cc1cc(C)c2c(c1)c(-c1ccccc1)c(-c1ccccc1)n2CC(O)CNc1ccc(I)cc1. The van der Waals surface area contributed by atoms with E-state index in [0.29, 0.717) is 13.1 Å². The highest BCUT2D eigenvalue weighted by Gasteiger charge is 2.23. The van der Waals surface area contributed by atoms with Gasteiger partial charge in [0.1, 0.15) is 0 Å². The number of hydrogen-bond donors (Lipinski definition) is 2. The summed E-state index contributed by atoms with van der Waals surface area (Å²) >= 11 is 2.30. The van der Waals surface area contributed by atoms with Gasteiger partial charge >= 0.3 is 0 Å². The highest BCUT2D eigenvalue weighted by Crippen LogP contribution is 2.42. The number of nitrogens with zero attached hydrogens (tertiary/aromatic N) is 1. The molecule has 0 aliphatic heterocycles. The molecule has 1 unspecified atom stereocenters. The maximum Gasteiger partial charge on any atom is 0.0891 e. The van der Waals surface area contributed by atoms with Crippen LogP contribution >= 0.6 is 22.6 Å². The van der Waals surface area contributed by atoms with E-state index in [9.17, 15) is 5.11 Å². The first-order valence-electron chi connectivity index (χ1n) is 11.9. The van der Waals surface area contributed by atoms with Crippen LogP contribution in [0.5, 0.6) is 0 Å². The summed E-state index contributed by atoms with van der Waals surface area (Å²) in [6.45, 7) is 5.29. The molecule has 0 bridgehead atoms. The van der Waals surface area contributed by atoms with Crippen LogP contribution in [0.15, 0.2) is 97.1 Å². The lowest BCUT2D eigenvalue weighted by atomic mass is 9.97. The lowest BCUT2D eigenvalue weighted by Gasteiger charge is -2.19. The van der Waals surface area contributed by atoms with Crippen molar-refractivity contribution in [2.45, 2.75) is 26.5 Å². The molecule has 0 saturated carbocycles. The van der Waals surface area contributed by atoms with Crippen molar-refractivity contribution in [3.8, 4) is 22.4 Å². The van der Waals surface area contributed by atoms with Gasteiger partial charge in [-0.15, -0.1) is 0 Å². The van der Waals surface area contributed by atoms with E-state index < -0.39 is 6.10 Å². The fraction of sp³-hybridized carbons (Fsp3) is 0.161. The Morgan fingerprint density at radius 3 is 2.11 bits per heavy atom. The summed E-state index contributed by atoms with van der Waals surface area (Å²) in [7, 11) is 0. The second kappa shape index (κ2) is 10.3. The summed E-state index contributed by atoms with van der Waals surface area (Å²) in [6.07, 6.45) is -0.559. The average molecular weight is 572 g/mol. The molecule has 5 rings (SSSR count). The summed E-state index contributed by atoms with van der Waals surface area (Å²) in [6, 6.07) is 33.9. The minimum Gasteiger partial charge on any atom is -0.389 e. The van der Waals surface area contributed by atoms with Crippen molar-refractivity contribution in [1.29, 1.82) is 0 Å². The first-order valence-corrected chi connectivity index (χ1v) is 13.0. The molecule has 4 aromatic carbocycles. The Kier molecular flexibility index (Phi) is 6.93. The van der Waals surface area contributed by atoms with Gasteiger partial charge in [-0.25, -0.2) is 0 Å². The zero-order valence-electron chi connectivity index (χ0n) is 20.0. The van der Waals surface area contributed by atoms with Gasteiger partial charge in [-0.2, -0.15) is 0 Å². The van der Waals surface area contributed by atoms with Crippen LogP contribution in [0.3, 0.4) is 0 Å². The molecule has 0 saturated heterocycles. The largest absolute Gasteiger partial charge is 0.389 e. The van der Waals surface area contributed by atoms with E-state index >= 15 is 0 Å². The normalized spacial score (nSPS) is 12.1. The average Bonchev–Trinajstić information content (AvgIpc) is 3.18. The number of aromatic nitrogens is 1. The van der Waals surface area contributed by atoms with Crippen LogP contribution in [0.1, 0.15) is 11.1 Å². The van der Waals surface area contributed by atoms with Crippen molar-refractivity contribution in [1.82, 2.24) is 4.57 Å². The predicted molar refractivity (Wildman–Crippen MR) is 156 cm³/mol. The van der Waals surface area contributed by atoms with Crippen LogP contribution in [0.25, 0.3) is 33.3 Å².